The number of nitrogens with one attached hydrogen (secondary N) is 1. The van der Waals surface area contributed by atoms with Gasteiger partial charge in [0.25, 0.3) is 5.56 Å². The van der Waals surface area contributed by atoms with Gasteiger partial charge in [-0.15, -0.1) is 0 Å². The number of para-hydroxylation sites is 2. The third-order valence-corrected chi connectivity index (χ3v) is 5.37. The number of carbonyl (C=O) groups is 1. The summed E-state index contributed by atoms with van der Waals surface area (Å²) in [4.78, 5) is 40.1. The van der Waals surface area contributed by atoms with Gasteiger partial charge in [0.15, 0.2) is 0 Å². The van der Waals surface area contributed by atoms with Crippen molar-refractivity contribution in [1.29, 1.82) is 5.26 Å². The second-order valence-electron chi connectivity index (χ2n) is 7.12. The fraction of sp³-hybridized carbons (Fsp3) is 0.400. The first-order valence-corrected chi connectivity index (χ1v) is 9.50. The smallest absolute Gasteiger partial charge is 0.331 e. The number of hydrogen-bond donors (Lipinski definition) is 1. The van der Waals surface area contributed by atoms with Crippen LogP contribution in [-0.4, -0.2) is 28.1 Å². The number of amides is 1. The number of carbonyl (C=O) groups excluding carboxylic acids is 1. The molecule has 1 aromatic heterocycles. The van der Waals surface area contributed by atoms with Crippen molar-refractivity contribution in [2.45, 2.75) is 38.8 Å². The lowest BCUT2D eigenvalue weighted by Gasteiger charge is -2.21. The van der Waals surface area contributed by atoms with Crippen molar-refractivity contribution < 1.29 is 4.79 Å². The number of hydrogen-bond acceptors (Lipinski definition) is 5. The third-order valence-electron chi connectivity index (χ3n) is 5.37. The molecule has 8 heteroatoms. The molecule has 0 aliphatic carbocycles. The predicted octanol–water partition coefficient (Wildman–Crippen LogP) is 1.07. The molecule has 1 fully saturated rings. The van der Waals surface area contributed by atoms with Gasteiger partial charge in [0.2, 0.25) is 5.91 Å². The molecule has 1 amide bonds. The summed E-state index contributed by atoms with van der Waals surface area (Å²) in [7, 11) is 0. The Morgan fingerprint density at radius 1 is 1.11 bits per heavy atom. The van der Waals surface area contributed by atoms with E-state index in [1.54, 1.807) is 0 Å². The minimum atomic E-state index is -0.691. The van der Waals surface area contributed by atoms with Gasteiger partial charge >= 0.3 is 5.69 Å². The molecule has 0 radical (unpaired) electrons. The molecule has 2 aliphatic rings. The topological polar surface area (TPSA) is 100 Å². The van der Waals surface area contributed by atoms with Crippen LogP contribution in [0.3, 0.4) is 0 Å². The largest absolute Gasteiger partial charge is 0.370 e. The molecule has 1 N–H and O–H groups in total. The monoisotopic (exact) mass is 379 g/mol. The summed E-state index contributed by atoms with van der Waals surface area (Å²) in [6.07, 6.45) is 3.47. The maximum absolute atomic E-state index is 12.6. The highest BCUT2D eigenvalue weighted by atomic mass is 16.2. The number of anilines is 2. The molecule has 0 atom stereocenters. The lowest BCUT2D eigenvalue weighted by atomic mass is 10.2. The van der Waals surface area contributed by atoms with E-state index in [1.807, 2.05) is 30.3 Å². The molecular formula is C20H21N5O3. The molecule has 3 heterocycles. The summed E-state index contributed by atoms with van der Waals surface area (Å²) < 4.78 is 2.30. The van der Waals surface area contributed by atoms with Gasteiger partial charge in [-0.1, -0.05) is 12.1 Å². The van der Waals surface area contributed by atoms with Crippen LogP contribution in [-0.2, 0) is 24.3 Å². The third kappa shape index (κ3) is 3.09. The number of nitriles is 1. The Morgan fingerprint density at radius 2 is 1.86 bits per heavy atom. The van der Waals surface area contributed by atoms with Gasteiger partial charge in [-0.05, 0) is 37.8 Å². The molecule has 1 aromatic carbocycles. The minimum Gasteiger partial charge on any atom is -0.370 e. The maximum Gasteiger partial charge on any atom is 0.331 e. The average Bonchev–Trinajstić information content (AvgIpc) is 3.38. The van der Waals surface area contributed by atoms with E-state index in [1.165, 1.54) is 4.57 Å². The van der Waals surface area contributed by atoms with Crippen molar-refractivity contribution in [2.24, 2.45) is 0 Å². The summed E-state index contributed by atoms with van der Waals surface area (Å²) >= 11 is 0. The molecule has 0 bridgehead atoms. The summed E-state index contributed by atoms with van der Waals surface area (Å²) in [6, 6.07) is 9.41. The Bertz CT molecular complexity index is 1090. The number of benzene rings is 1. The Labute approximate surface area is 161 Å². The second kappa shape index (κ2) is 7.35. The van der Waals surface area contributed by atoms with Crippen LogP contribution < -0.4 is 21.5 Å². The van der Waals surface area contributed by atoms with Gasteiger partial charge in [0.05, 0.1) is 11.4 Å². The standard InChI is InChI=1S/C20H21N5O3/c21-12-14-16-8-5-11-24(16)20(28)25(19(14)27)13-18(26)22-15-6-1-2-7-17(15)23-9-3-4-10-23/h1-2,6-7H,3-5,8-11,13H2,(H,22,26). The molecule has 144 valence electrons. The van der Waals surface area contributed by atoms with E-state index in [0.29, 0.717) is 30.8 Å². The quantitative estimate of drug-likeness (QED) is 0.856. The fourth-order valence-electron chi connectivity index (χ4n) is 4.03. The zero-order chi connectivity index (χ0) is 19.7. The normalized spacial score (nSPS) is 15.3. The highest BCUT2D eigenvalue weighted by Crippen LogP contribution is 2.28. The van der Waals surface area contributed by atoms with Gasteiger partial charge in [0, 0.05) is 25.3 Å². The predicted molar refractivity (Wildman–Crippen MR) is 105 cm³/mol. The molecule has 0 saturated carbocycles. The van der Waals surface area contributed by atoms with Crippen LogP contribution in [0.4, 0.5) is 11.4 Å². The van der Waals surface area contributed by atoms with E-state index in [2.05, 4.69) is 10.2 Å². The van der Waals surface area contributed by atoms with Gasteiger partial charge in [-0.2, -0.15) is 5.26 Å². The summed E-state index contributed by atoms with van der Waals surface area (Å²) in [6.45, 7) is 1.91. The Morgan fingerprint density at radius 3 is 2.61 bits per heavy atom. The average molecular weight is 379 g/mol. The summed E-state index contributed by atoms with van der Waals surface area (Å²) in [5, 5.41) is 12.2. The van der Waals surface area contributed by atoms with Crippen LogP contribution in [0.25, 0.3) is 0 Å². The second-order valence-corrected chi connectivity index (χ2v) is 7.12. The number of nitrogens with zero attached hydrogens (tertiary/aromatic N) is 4. The van der Waals surface area contributed by atoms with Crippen LogP contribution in [0.15, 0.2) is 33.9 Å². The van der Waals surface area contributed by atoms with Crippen molar-refractivity contribution in [1.82, 2.24) is 9.13 Å². The zero-order valence-corrected chi connectivity index (χ0v) is 15.5. The fourth-order valence-corrected chi connectivity index (χ4v) is 4.03. The lowest BCUT2D eigenvalue weighted by molar-refractivity contribution is -0.116. The van der Waals surface area contributed by atoms with E-state index in [0.717, 1.165) is 36.2 Å². The minimum absolute atomic E-state index is 0.0395. The van der Waals surface area contributed by atoms with E-state index in [4.69, 9.17) is 0 Å². The van der Waals surface area contributed by atoms with Gasteiger partial charge in [0.1, 0.15) is 18.2 Å². The van der Waals surface area contributed by atoms with Crippen LogP contribution >= 0.6 is 0 Å². The number of rotatable bonds is 4. The van der Waals surface area contributed by atoms with E-state index in [-0.39, 0.29) is 5.56 Å². The SMILES string of the molecule is N#Cc1c2n(c(=O)n(CC(=O)Nc3ccccc3N3CCCC3)c1=O)CCC2. The maximum atomic E-state index is 12.6. The van der Waals surface area contributed by atoms with Crippen molar-refractivity contribution in [2.75, 3.05) is 23.3 Å². The molecule has 28 heavy (non-hydrogen) atoms. The lowest BCUT2D eigenvalue weighted by Crippen LogP contribution is -2.44. The van der Waals surface area contributed by atoms with E-state index >= 15 is 0 Å². The Balaban J connectivity index is 1.62. The van der Waals surface area contributed by atoms with Gasteiger partial charge in [-0.3, -0.25) is 14.2 Å². The summed E-state index contributed by atoms with van der Waals surface area (Å²) in [5.41, 5.74) is 0.812. The molecule has 1 saturated heterocycles. The van der Waals surface area contributed by atoms with Crippen LogP contribution in [0, 0.1) is 11.3 Å². The van der Waals surface area contributed by atoms with Crippen molar-refractivity contribution >= 4 is 17.3 Å². The number of fused-ring (bicyclic) bond motifs is 1. The molecule has 2 aliphatic heterocycles. The van der Waals surface area contributed by atoms with Crippen LogP contribution in [0.5, 0.6) is 0 Å². The van der Waals surface area contributed by atoms with E-state index in [9.17, 15) is 19.6 Å². The van der Waals surface area contributed by atoms with E-state index < -0.39 is 23.7 Å². The first kappa shape index (κ1) is 18.0. The molecular weight excluding hydrogens is 358 g/mol. The summed E-state index contributed by atoms with van der Waals surface area (Å²) in [5.74, 6) is -0.465. The molecule has 0 unspecified atom stereocenters. The molecule has 0 spiro atoms. The van der Waals surface area contributed by atoms with Gasteiger partial charge < -0.3 is 10.2 Å². The first-order valence-electron chi connectivity index (χ1n) is 9.50. The van der Waals surface area contributed by atoms with Crippen molar-refractivity contribution in [3.8, 4) is 6.07 Å². The zero-order valence-electron chi connectivity index (χ0n) is 15.5. The van der Waals surface area contributed by atoms with Crippen molar-refractivity contribution in [3.63, 3.8) is 0 Å². The Hall–Kier alpha value is -3.34. The van der Waals surface area contributed by atoms with Crippen LogP contribution in [0.2, 0.25) is 0 Å². The highest BCUT2D eigenvalue weighted by Gasteiger charge is 2.24. The number of aromatic nitrogens is 2. The van der Waals surface area contributed by atoms with Crippen LogP contribution in [0.1, 0.15) is 30.5 Å². The first-order chi connectivity index (χ1) is 13.6. The van der Waals surface area contributed by atoms with Crippen molar-refractivity contribution in [3.05, 3.63) is 56.4 Å². The van der Waals surface area contributed by atoms with Gasteiger partial charge in [-0.25, -0.2) is 9.36 Å². The molecule has 2 aromatic rings. The Kier molecular flexibility index (Phi) is 4.74. The highest BCUT2D eigenvalue weighted by molar-refractivity contribution is 5.94. The molecule has 4 rings (SSSR count). The molecule has 8 nitrogen and oxygen atoms in total.